The van der Waals surface area contributed by atoms with Crippen molar-refractivity contribution in [2.75, 3.05) is 6.79 Å². The summed E-state index contributed by atoms with van der Waals surface area (Å²) in [6, 6.07) is 5.46. The Bertz CT molecular complexity index is 660. The van der Waals surface area contributed by atoms with Crippen molar-refractivity contribution in [1.82, 2.24) is 5.32 Å². The van der Waals surface area contributed by atoms with E-state index >= 15 is 0 Å². The van der Waals surface area contributed by atoms with Crippen molar-refractivity contribution in [3.63, 3.8) is 0 Å². The molecule has 2 bridgehead atoms. The molecule has 3 heterocycles. The molecule has 2 N–H and O–H groups in total. The van der Waals surface area contributed by atoms with Gasteiger partial charge >= 0.3 is 5.97 Å². The molecular weight excluding hydrogens is 302 g/mol. The highest BCUT2D eigenvalue weighted by atomic mass is 16.7. The molecule has 0 radical (unpaired) electrons. The Labute approximate surface area is 132 Å². The zero-order valence-corrected chi connectivity index (χ0v) is 12.4. The minimum atomic E-state index is -0.958. The third-order valence-corrected chi connectivity index (χ3v) is 4.76. The number of ether oxygens (including phenoxy) is 3. The van der Waals surface area contributed by atoms with Gasteiger partial charge in [-0.05, 0) is 30.5 Å². The lowest BCUT2D eigenvalue weighted by Gasteiger charge is -2.23. The normalized spacial score (nSPS) is 30.4. The van der Waals surface area contributed by atoms with Crippen LogP contribution in [0.25, 0.3) is 0 Å². The summed E-state index contributed by atoms with van der Waals surface area (Å²) in [6.07, 6.45) is 0.848. The summed E-state index contributed by atoms with van der Waals surface area (Å²) in [5.41, 5.74) is 0.874. The molecule has 7 nitrogen and oxygen atoms in total. The van der Waals surface area contributed by atoms with Crippen LogP contribution in [0.3, 0.4) is 0 Å². The molecule has 1 aromatic carbocycles. The van der Waals surface area contributed by atoms with E-state index in [2.05, 4.69) is 5.32 Å². The van der Waals surface area contributed by atoms with Crippen LogP contribution in [0.5, 0.6) is 11.5 Å². The van der Waals surface area contributed by atoms with Gasteiger partial charge in [0.1, 0.15) is 0 Å². The Morgan fingerprint density at radius 2 is 1.87 bits per heavy atom. The number of carbonyl (C=O) groups is 2. The summed E-state index contributed by atoms with van der Waals surface area (Å²) < 4.78 is 16.2. The van der Waals surface area contributed by atoms with E-state index in [1.54, 1.807) is 6.07 Å². The van der Waals surface area contributed by atoms with Crippen LogP contribution >= 0.6 is 0 Å². The van der Waals surface area contributed by atoms with E-state index in [4.69, 9.17) is 14.2 Å². The number of carbonyl (C=O) groups excluding carboxylic acids is 1. The highest BCUT2D eigenvalue weighted by Gasteiger charge is 2.55. The lowest BCUT2D eigenvalue weighted by Crippen LogP contribution is -2.43. The van der Waals surface area contributed by atoms with E-state index in [0.717, 1.165) is 12.0 Å². The molecule has 23 heavy (non-hydrogen) atoms. The predicted molar refractivity (Wildman–Crippen MR) is 76.9 cm³/mol. The van der Waals surface area contributed by atoms with Gasteiger partial charge in [-0.2, -0.15) is 0 Å². The van der Waals surface area contributed by atoms with Crippen molar-refractivity contribution in [2.24, 2.45) is 11.8 Å². The van der Waals surface area contributed by atoms with Crippen LogP contribution in [0, 0.1) is 11.8 Å². The predicted octanol–water partition coefficient (Wildman–Crippen LogP) is 0.910. The Kier molecular flexibility index (Phi) is 3.37. The molecule has 1 aromatic rings. The molecule has 7 heteroatoms. The van der Waals surface area contributed by atoms with Crippen LogP contribution in [-0.4, -0.2) is 36.0 Å². The minimum Gasteiger partial charge on any atom is -0.481 e. The summed E-state index contributed by atoms with van der Waals surface area (Å²) in [6.45, 7) is 0.517. The van der Waals surface area contributed by atoms with Gasteiger partial charge < -0.3 is 24.6 Å². The van der Waals surface area contributed by atoms with Gasteiger partial charge in [-0.15, -0.1) is 0 Å². The Balaban J connectivity index is 1.43. The van der Waals surface area contributed by atoms with Crippen molar-refractivity contribution < 1.29 is 28.9 Å². The van der Waals surface area contributed by atoms with Gasteiger partial charge in [0.05, 0.1) is 24.0 Å². The molecular formula is C16H17NO6. The maximum Gasteiger partial charge on any atom is 0.310 e. The van der Waals surface area contributed by atoms with E-state index in [9.17, 15) is 14.7 Å². The fourth-order valence-electron chi connectivity index (χ4n) is 3.68. The van der Waals surface area contributed by atoms with Gasteiger partial charge in [0.15, 0.2) is 11.5 Å². The van der Waals surface area contributed by atoms with Gasteiger partial charge in [-0.25, -0.2) is 0 Å². The van der Waals surface area contributed by atoms with E-state index < -0.39 is 17.8 Å². The first kappa shape index (κ1) is 14.3. The molecule has 2 saturated heterocycles. The maximum absolute atomic E-state index is 12.4. The van der Waals surface area contributed by atoms with E-state index in [-0.39, 0.29) is 24.9 Å². The average molecular weight is 319 g/mol. The minimum absolute atomic E-state index is 0.202. The second-order valence-electron chi connectivity index (χ2n) is 6.09. The molecule has 4 atom stereocenters. The van der Waals surface area contributed by atoms with Gasteiger partial charge in [0, 0.05) is 6.54 Å². The molecule has 3 aliphatic rings. The third kappa shape index (κ3) is 2.41. The zero-order valence-electron chi connectivity index (χ0n) is 12.4. The largest absolute Gasteiger partial charge is 0.481 e. The fraction of sp³-hybridized carbons (Fsp3) is 0.500. The highest BCUT2D eigenvalue weighted by Crippen LogP contribution is 2.43. The van der Waals surface area contributed by atoms with E-state index in [0.29, 0.717) is 24.5 Å². The van der Waals surface area contributed by atoms with Crippen LogP contribution in [0.2, 0.25) is 0 Å². The lowest BCUT2D eigenvalue weighted by molar-refractivity contribution is -0.147. The number of nitrogens with one attached hydrogen (secondary N) is 1. The van der Waals surface area contributed by atoms with Crippen LogP contribution in [0.1, 0.15) is 18.4 Å². The monoisotopic (exact) mass is 319 g/mol. The van der Waals surface area contributed by atoms with Gasteiger partial charge in [-0.1, -0.05) is 6.07 Å². The summed E-state index contributed by atoms with van der Waals surface area (Å²) in [7, 11) is 0. The third-order valence-electron chi connectivity index (χ3n) is 4.76. The molecule has 0 unspecified atom stereocenters. The number of rotatable bonds is 4. The highest BCUT2D eigenvalue weighted by molar-refractivity contribution is 5.86. The second kappa shape index (κ2) is 5.42. The summed E-state index contributed by atoms with van der Waals surface area (Å²) in [5, 5.41) is 12.2. The standard InChI is InChI=1S/C16H17NO6/c18-15(13-10-3-4-11(23-10)14(13)16(19)20)17-6-8-1-2-9-12(5-8)22-7-21-9/h1-2,5,10-11,13-14H,3-4,6-7H2,(H,17,18)(H,19,20)/t10-,11-,13+,14-/m1/s1. The van der Waals surface area contributed by atoms with Crippen molar-refractivity contribution in [1.29, 1.82) is 0 Å². The lowest BCUT2D eigenvalue weighted by atomic mass is 9.78. The van der Waals surface area contributed by atoms with Crippen LogP contribution in [0.15, 0.2) is 18.2 Å². The van der Waals surface area contributed by atoms with Crippen LogP contribution in [-0.2, 0) is 20.9 Å². The Morgan fingerprint density at radius 3 is 2.65 bits per heavy atom. The quantitative estimate of drug-likeness (QED) is 0.857. The van der Waals surface area contributed by atoms with Crippen molar-refractivity contribution in [3.8, 4) is 11.5 Å². The van der Waals surface area contributed by atoms with Gasteiger partial charge in [0.25, 0.3) is 0 Å². The van der Waals surface area contributed by atoms with Crippen molar-refractivity contribution in [2.45, 2.75) is 31.6 Å². The molecule has 0 aromatic heterocycles. The topological polar surface area (TPSA) is 94.1 Å². The number of benzene rings is 1. The number of hydrogen-bond acceptors (Lipinski definition) is 5. The average Bonchev–Trinajstić information content (AvgIpc) is 3.25. The maximum atomic E-state index is 12.4. The first-order valence-electron chi connectivity index (χ1n) is 7.68. The Morgan fingerprint density at radius 1 is 1.13 bits per heavy atom. The molecule has 0 saturated carbocycles. The second-order valence-corrected chi connectivity index (χ2v) is 6.09. The summed E-state index contributed by atoms with van der Waals surface area (Å²) in [4.78, 5) is 23.9. The smallest absolute Gasteiger partial charge is 0.310 e. The SMILES string of the molecule is O=C(NCc1ccc2c(c1)OCO2)[C@@H]1[C@H](C(=O)O)[C@H]2CC[C@H]1O2. The molecule has 4 rings (SSSR count). The number of aliphatic carboxylic acids is 1. The molecule has 0 aliphatic carbocycles. The number of carboxylic acids is 1. The van der Waals surface area contributed by atoms with Gasteiger partial charge in [-0.3, -0.25) is 9.59 Å². The van der Waals surface area contributed by atoms with E-state index in [1.807, 2.05) is 12.1 Å². The van der Waals surface area contributed by atoms with Crippen molar-refractivity contribution in [3.05, 3.63) is 23.8 Å². The molecule has 0 spiro atoms. The zero-order chi connectivity index (χ0) is 16.0. The van der Waals surface area contributed by atoms with E-state index in [1.165, 1.54) is 0 Å². The summed E-state index contributed by atoms with van der Waals surface area (Å²) in [5.74, 6) is -1.23. The van der Waals surface area contributed by atoms with Crippen LogP contribution in [0.4, 0.5) is 0 Å². The number of hydrogen-bond donors (Lipinski definition) is 2. The molecule has 1 amide bonds. The first-order valence-corrected chi connectivity index (χ1v) is 7.68. The first-order chi connectivity index (χ1) is 11.1. The molecule has 2 fully saturated rings. The van der Waals surface area contributed by atoms with Gasteiger partial charge in [0.2, 0.25) is 12.7 Å². The fourth-order valence-corrected chi connectivity index (χ4v) is 3.68. The number of carboxylic acid groups (broad SMARTS) is 1. The number of amides is 1. The summed E-state index contributed by atoms with van der Waals surface area (Å²) >= 11 is 0. The molecule has 122 valence electrons. The Hall–Kier alpha value is -2.28. The van der Waals surface area contributed by atoms with Crippen LogP contribution < -0.4 is 14.8 Å². The van der Waals surface area contributed by atoms with Crippen molar-refractivity contribution >= 4 is 11.9 Å². The number of fused-ring (bicyclic) bond motifs is 3. The molecule has 3 aliphatic heterocycles.